The molecular formula is C14H21N3O2. The SMILES string of the molecule is CC(C)C(NC(=O)CNC(=O)CN)c1ccccc1. The molecule has 5 nitrogen and oxygen atoms in total. The van der Waals surface area contributed by atoms with Gasteiger partial charge in [0.05, 0.1) is 19.1 Å². The molecule has 2 amide bonds. The highest BCUT2D eigenvalue weighted by Crippen LogP contribution is 2.20. The first-order chi connectivity index (χ1) is 9.04. The molecule has 0 aliphatic heterocycles. The Morgan fingerprint density at radius 3 is 2.32 bits per heavy atom. The van der Waals surface area contributed by atoms with Gasteiger partial charge in [0.15, 0.2) is 0 Å². The van der Waals surface area contributed by atoms with Crippen LogP contribution in [0.2, 0.25) is 0 Å². The van der Waals surface area contributed by atoms with Crippen LogP contribution in [0.3, 0.4) is 0 Å². The van der Waals surface area contributed by atoms with Crippen molar-refractivity contribution in [3.8, 4) is 0 Å². The molecule has 1 aromatic rings. The Hall–Kier alpha value is -1.88. The predicted octanol–water partition coefficient (Wildman–Crippen LogP) is 0.575. The fraction of sp³-hybridized carbons (Fsp3) is 0.429. The van der Waals surface area contributed by atoms with Crippen LogP contribution < -0.4 is 16.4 Å². The zero-order chi connectivity index (χ0) is 14.3. The van der Waals surface area contributed by atoms with Crippen LogP contribution in [-0.4, -0.2) is 24.9 Å². The number of hydrogen-bond donors (Lipinski definition) is 3. The predicted molar refractivity (Wildman–Crippen MR) is 74.2 cm³/mol. The third-order valence-electron chi connectivity index (χ3n) is 2.77. The Morgan fingerprint density at radius 2 is 1.79 bits per heavy atom. The molecule has 0 aromatic heterocycles. The first kappa shape index (κ1) is 15.2. The molecule has 1 atom stereocenters. The van der Waals surface area contributed by atoms with Gasteiger partial charge < -0.3 is 16.4 Å². The van der Waals surface area contributed by atoms with E-state index >= 15 is 0 Å². The van der Waals surface area contributed by atoms with Crippen molar-refractivity contribution in [3.05, 3.63) is 35.9 Å². The highest BCUT2D eigenvalue weighted by molar-refractivity contribution is 5.85. The summed E-state index contributed by atoms with van der Waals surface area (Å²) in [5, 5.41) is 5.37. The van der Waals surface area contributed by atoms with Gasteiger partial charge in [-0.15, -0.1) is 0 Å². The van der Waals surface area contributed by atoms with Gasteiger partial charge in [0.25, 0.3) is 0 Å². The molecule has 19 heavy (non-hydrogen) atoms. The number of carbonyl (C=O) groups is 2. The molecule has 0 fully saturated rings. The number of rotatable bonds is 6. The van der Waals surface area contributed by atoms with Gasteiger partial charge in [-0.1, -0.05) is 44.2 Å². The fourth-order valence-corrected chi connectivity index (χ4v) is 1.77. The molecule has 0 aliphatic carbocycles. The van der Waals surface area contributed by atoms with Gasteiger partial charge in [0.2, 0.25) is 11.8 Å². The van der Waals surface area contributed by atoms with Crippen molar-refractivity contribution in [2.24, 2.45) is 11.7 Å². The molecular weight excluding hydrogens is 242 g/mol. The van der Waals surface area contributed by atoms with Gasteiger partial charge in [0.1, 0.15) is 0 Å². The molecule has 0 aliphatic rings. The quantitative estimate of drug-likeness (QED) is 0.701. The Labute approximate surface area is 113 Å². The van der Waals surface area contributed by atoms with Gasteiger partial charge in [-0.05, 0) is 11.5 Å². The summed E-state index contributed by atoms with van der Waals surface area (Å²) in [7, 11) is 0. The maximum absolute atomic E-state index is 11.8. The average Bonchev–Trinajstić information content (AvgIpc) is 2.42. The highest BCUT2D eigenvalue weighted by atomic mass is 16.2. The van der Waals surface area contributed by atoms with E-state index in [4.69, 9.17) is 5.73 Å². The molecule has 0 spiro atoms. The lowest BCUT2D eigenvalue weighted by Gasteiger charge is -2.23. The van der Waals surface area contributed by atoms with E-state index in [9.17, 15) is 9.59 Å². The Balaban J connectivity index is 2.60. The zero-order valence-corrected chi connectivity index (χ0v) is 11.3. The van der Waals surface area contributed by atoms with Gasteiger partial charge in [-0.25, -0.2) is 0 Å². The fourth-order valence-electron chi connectivity index (χ4n) is 1.77. The van der Waals surface area contributed by atoms with Crippen molar-refractivity contribution in [1.82, 2.24) is 10.6 Å². The molecule has 0 radical (unpaired) electrons. The maximum atomic E-state index is 11.8. The lowest BCUT2D eigenvalue weighted by atomic mass is 9.96. The molecule has 0 saturated carbocycles. The second kappa shape index (κ2) is 7.53. The van der Waals surface area contributed by atoms with Crippen molar-refractivity contribution in [3.63, 3.8) is 0 Å². The van der Waals surface area contributed by atoms with Gasteiger partial charge in [-0.2, -0.15) is 0 Å². The lowest BCUT2D eigenvalue weighted by Crippen LogP contribution is -2.41. The van der Waals surface area contributed by atoms with E-state index in [0.29, 0.717) is 0 Å². The van der Waals surface area contributed by atoms with Gasteiger partial charge in [-0.3, -0.25) is 9.59 Å². The molecule has 0 heterocycles. The topological polar surface area (TPSA) is 84.2 Å². The van der Waals surface area contributed by atoms with Crippen LogP contribution in [-0.2, 0) is 9.59 Å². The normalized spacial score (nSPS) is 12.0. The van der Waals surface area contributed by atoms with E-state index < -0.39 is 0 Å². The summed E-state index contributed by atoms with van der Waals surface area (Å²) in [6.45, 7) is 3.92. The summed E-state index contributed by atoms with van der Waals surface area (Å²) in [6, 6.07) is 9.69. The molecule has 0 bridgehead atoms. The van der Waals surface area contributed by atoms with Gasteiger partial charge in [0, 0.05) is 0 Å². The van der Waals surface area contributed by atoms with Crippen molar-refractivity contribution in [2.45, 2.75) is 19.9 Å². The molecule has 4 N–H and O–H groups in total. The first-order valence-electron chi connectivity index (χ1n) is 6.35. The van der Waals surface area contributed by atoms with E-state index in [1.807, 2.05) is 44.2 Å². The van der Waals surface area contributed by atoms with E-state index in [1.54, 1.807) is 0 Å². The number of nitrogens with two attached hydrogens (primary N) is 1. The minimum atomic E-state index is -0.337. The monoisotopic (exact) mass is 263 g/mol. The second-order valence-electron chi connectivity index (χ2n) is 4.68. The third kappa shape index (κ3) is 5.09. The standard InChI is InChI=1S/C14H21N3O2/c1-10(2)14(11-6-4-3-5-7-11)17-13(19)9-16-12(18)8-15/h3-7,10,14H,8-9,15H2,1-2H3,(H,16,18)(H,17,19). The number of hydrogen-bond acceptors (Lipinski definition) is 3. The molecule has 5 heteroatoms. The summed E-state index contributed by atoms with van der Waals surface area (Å²) >= 11 is 0. The summed E-state index contributed by atoms with van der Waals surface area (Å²) in [5.74, 6) is -0.295. The summed E-state index contributed by atoms with van der Waals surface area (Å²) < 4.78 is 0. The van der Waals surface area contributed by atoms with Crippen LogP contribution in [0.5, 0.6) is 0 Å². The van der Waals surface area contributed by atoms with E-state index in [-0.39, 0.29) is 36.9 Å². The molecule has 0 saturated heterocycles. The van der Waals surface area contributed by atoms with Crippen LogP contribution in [0, 0.1) is 5.92 Å². The van der Waals surface area contributed by atoms with Crippen LogP contribution in [0.1, 0.15) is 25.5 Å². The van der Waals surface area contributed by atoms with Crippen LogP contribution in [0.15, 0.2) is 30.3 Å². The Kier molecular flexibility index (Phi) is 6.02. The average molecular weight is 263 g/mol. The summed E-state index contributed by atoms with van der Waals surface area (Å²) in [6.07, 6.45) is 0. The Bertz CT molecular complexity index is 418. The minimum Gasteiger partial charge on any atom is -0.348 e. The third-order valence-corrected chi connectivity index (χ3v) is 2.77. The number of nitrogens with one attached hydrogen (secondary N) is 2. The molecule has 1 unspecified atom stereocenters. The number of carbonyl (C=O) groups excluding carboxylic acids is 2. The minimum absolute atomic E-state index is 0.0495. The second-order valence-corrected chi connectivity index (χ2v) is 4.68. The van der Waals surface area contributed by atoms with Crippen molar-refractivity contribution >= 4 is 11.8 Å². The number of amides is 2. The molecule has 104 valence electrons. The van der Waals surface area contributed by atoms with Crippen molar-refractivity contribution < 1.29 is 9.59 Å². The lowest BCUT2D eigenvalue weighted by molar-refractivity contribution is -0.126. The largest absolute Gasteiger partial charge is 0.348 e. The molecule has 1 aromatic carbocycles. The van der Waals surface area contributed by atoms with E-state index in [2.05, 4.69) is 10.6 Å². The maximum Gasteiger partial charge on any atom is 0.239 e. The molecule has 1 rings (SSSR count). The Morgan fingerprint density at radius 1 is 1.16 bits per heavy atom. The summed E-state index contributed by atoms with van der Waals surface area (Å²) in [4.78, 5) is 22.8. The van der Waals surface area contributed by atoms with Crippen LogP contribution >= 0.6 is 0 Å². The first-order valence-corrected chi connectivity index (χ1v) is 6.35. The number of benzene rings is 1. The van der Waals surface area contributed by atoms with Crippen LogP contribution in [0.4, 0.5) is 0 Å². The van der Waals surface area contributed by atoms with E-state index in [0.717, 1.165) is 5.56 Å². The highest BCUT2D eigenvalue weighted by Gasteiger charge is 2.17. The van der Waals surface area contributed by atoms with Crippen molar-refractivity contribution in [1.29, 1.82) is 0 Å². The van der Waals surface area contributed by atoms with Crippen LogP contribution in [0.25, 0.3) is 0 Å². The van der Waals surface area contributed by atoms with E-state index in [1.165, 1.54) is 0 Å². The van der Waals surface area contributed by atoms with Crippen molar-refractivity contribution in [2.75, 3.05) is 13.1 Å². The zero-order valence-electron chi connectivity index (χ0n) is 11.3. The van der Waals surface area contributed by atoms with Gasteiger partial charge >= 0.3 is 0 Å². The smallest absolute Gasteiger partial charge is 0.239 e. The summed E-state index contributed by atoms with van der Waals surface area (Å²) in [5.41, 5.74) is 6.21.